The van der Waals surface area contributed by atoms with Gasteiger partial charge in [0.05, 0.1) is 10.0 Å². The van der Waals surface area contributed by atoms with E-state index in [4.69, 9.17) is 28.3 Å². The Labute approximate surface area is 113 Å². The second-order valence-electron chi connectivity index (χ2n) is 3.47. The number of hydrogen-bond acceptors (Lipinski definition) is 3. The van der Waals surface area contributed by atoms with Gasteiger partial charge < -0.3 is 10.4 Å². The summed E-state index contributed by atoms with van der Waals surface area (Å²) in [5.74, 6) is -0.652. The second kappa shape index (κ2) is 5.25. The van der Waals surface area contributed by atoms with E-state index in [-0.39, 0.29) is 5.69 Å². The first-order chi connectivity index (χ1) is 8.56. The number of pyridine rings is 1. The van der Waals surface area contributed by atoms with Crippen LogP contribution in [-0.4, -0.2) is 16.1 Å². The van der Waals surface area contributed by atoms with Gasteiger partial charge in [0.1, 0.15) is 5.82 Å². The molecule has 0 aliphatic rings. The average Bonchev–Trinajstić information content (AvgIpc) is 2.34. The van der Waals surface area contributed by atoms with Gasteiger partial charge in [-0.25, -0.2) is 9.78 Å². The molecule has 92 valence electrons. The fraction of sp³-hybridized carbons (Fsp3) is 0. The number of anilines is 2. The number of nitrogens with zero attached hydrogens (tertiary/aromatic N) is 1. The van der Waals surface area contributed by atoms with Crippen molar-refractivity contribution >= 4 is 40.7 Å². The Kier molecular flexibility index (Phi) is 3.69. The van der Waals surface area contributed by atoms with Crippen molar-refractivity contribution in [3.8, 4) is 0 Å². The molecule has 0 aliphatic carbocycles. The van der Waals surface area contributed by atoms with Crippen molar-refractivity contribution in [3.05, 3.63) is 52.1 Å². The number of rotatable bonds is 3. The highest BCUT2D eigenvalue weighted by atomic mass is 35.5. The third-order valence-corrected chi connectivity index (χ3v) is 2.90. The lowest BCUT2D eigenvalue weighted by molar-refractivity contribution is 0.0690. The van der Waals surface area contributed by atoms with E-state index in [2.05, 4.69) is 10.3 Å². The largest absolute Gasteiger partial charge is 0.477 e. The van der Waals surface area contributed by atoms with Crippen molar-refractivity contribution in [3.63, 3.8) is 0 Å². The number of aromatic carboxylic acids is 1. The normalized spacial score (nSPS) is 10.1. The lowest BCUT2D eigenvalue weighted by Gasteiger charge is -2.07. The summed E-state index contributed by atoms with van der Waals surface area (Å²) in [5.41, 5.74) is 0.652. The molecule has 0 saturated heterocycles. The molecule has 18 heavy (non-hydrogen) atoms. The molecule has 0 fully saturated rings. The van der Waals surface area contributed by atoms with E-state index in [9.17, 15) is 4.79 Å². The van der Waals surface area contributed by atoms with Gasteiger partial charge in [-0.05, 0) is 30.3 Å². The van der Waals surface area contributed by atoms with Crippen LogP contribution < -0.4 is 5.32 Å². The highest BCUT2D eigenvalue weighted by Crippen LogP contribution is 2.26. The summed E-state index contributed by atoms with van der Waals surface area (Å²) in [6.45, 7) is 0. The molecule has 2 N–H and O–H groups in total. The van der Waals surface area contributed by atoms with Gasteiger partial charge in [0.2, 0.25) is 0 Å². The fourth-order valence-corrected chi connectivity index (χ4v) is 1.64. The van der Waals surface area contributed by atoms with E-state index in [1.807, 2.05) is 0 Å². The SMILES string of the molecule is O=C(O)c1cccc(Nc2ccc(Cl)c(Cl)c2)n1. The number of aromatic nitrogens is 1. The van der Waals surface area contributed by atoms with Gasteiger partial charge in [0, 0.05) is 5.69 Å². The predicted octanol–water partition coefficient (Wildman–Crippen LogP) is 3.83. The monoisotopic (exact) mass is 282 g/mol. The summed E-state index contributed by atoms with van der Waals surface area (Å²) in [4.78, 5) is 14.7. The number of halogens is 2. The van der Waals surface area contributed by atoms with E-state index in [0.717, 1.165) is 0 Å². The average molecular weight is 283 g/mol. The van der Waals surface area contributed by atoms with Gasteiger partial charge in [-0.3, -0.25) is 0 Å². The van der Waals surface area contributed by atoms with Crippen LogP contribution in [0.3, 0.4) is 0 Å². The first kappa shape index (κ1) is 12.7. The van der Waals surface area contributed by atoms with E-state index in [1.54, 1.807) is 30.3 Å². The van der Waals surface area contributed by atoms with Gasteiger partial charge in [0.15, 0.2) is 5.69 Å². The van der Waals surface area contributed by atoms with Crippen LogP contribution in [0.25, 0.3) is 0 Å². The molecule has 4 nitrogen and oxygen atoms in total. The van der Waals surface area contributed by atoms with Gasteiger partial charge in [0.25, 0.3) is 0 Å². The molecule has 0 saturated carbocycles. The zero-order valence-corrected chi connectivity index (χ0v) is 10.5. The standard InChI is InChI=1S/C12H8Cl2N2O2/c13-8-5-4-7(6-9(8)14)15-11-3-1-2-10(16-11)12(17)18/h1-6H,(H,15,16)(H,17,18). The van der Waals surface area contributed by atoms with Crippen molar-refractivity contribution in [2.24, 2.45) is 0 Å². The van der Waals surface area contributed by atoms with Crippen molar-refractivity contribution < 1.29 is 9.90 Å². The maximum Gasteiger partial charge on any atom is 0.354 e. The first-order valence-electron chi connectivity index (χ1n) is 4.98. The minimum atomic E-state index is -1.08. The molecule has 0 amide bonds. The summed E-state index contributed by atoms with van der Waals surface area (Å²) in [7, 11) is 0. The van der Waals surface area contributed by atoms with Gasteiger partial charge in [-0.15, -0.1) is 0 Å². The molecule has 1 heterocycles. The Morgan fingerprint density at radius 3 is 2.61 bits per heavy atom. The summed E-state index contributed by atoms with van der Waals surface area (Å²) >= 11 is 11.7. The topological polar surface area (TPSA) is 62.2 Å². The molecule has 0 spiro atoms. The quantitative estimate of drug-likeness (QED) is 0.898. The van der Waals surface area contributed by atoms with Crippen molar-refractivity contribution in [1.82, 2.24) is 4.98 Å². The highest BCUT2D eigenvalue weighted by molar-refractivity contribution is 6.42. The lowest BCUT2D eigenvalue weighted by Crippen LogP contribution is -2.02. The Hall–Kier alpha value is -1.78. The Bertz CT molecular complexity index is 602. The van der Waals surface area contributed by atoms with Gasteiger partial charge in [-0.1, -0.05) is 29.3 Å². The van der Waals surface area contributed by atoms with E-state index in [0.29, 0.717) is 21.6 Å². The lowest BCUT2D eigenvalue weighted by atomic mass is 10.3. The number of benzene rings is 1. The number of carboxylic acids is 1. The summed E-state index contributed by atoms with van der Waals surface area (Å²) in [6, 6.07) is 9.70. The van der Waals surface area contributed by atoms with Crippen LogP contribution in [-0.2, 0) is 0 Å². The molecule has 0 unspecified atom stereocenters. The molecule has 0 radical (unpaired) electrons. The maximum absolute atomic E-state index is 10.8. The van der Waals surface area contributed by atoms with Crippen LogP contribution in [0, 0.1) is 0 Å². The smallest absolute Gasteiger partial charge is 0.354 e. The molecule has 1 aromatic carbocycles. The van der Waals surface area contributed by atoms with E-state index >= 15 is 0 Å². The molecule has 0 atom stereocenters. The summed E-state index contributed by atoms with van der Waals surface area (Å²) in [6.07, 6.45) is 0. The third-order valence-electron chi connectivity index (χ3n) is 2.16. The van der Waals surface area contributed by atoms with Crippen LogP contribution in [0.4, 0.5) is 11.5 Å². The zero-order chi connectivity index (χ0) is 13.1. The molecular weight excluding hydrogens is 275 g/mol. The Morgan fingerprint density at radius 2 is 1.94 bits per heavy atom. The molecular formula is C12H8Cl2N2O2. The Balaban J connectivity index is 2.25. The van der Waals surface area contributed by atoms with Crippen LogP contribution in [0.5, 0.6) is 0 Å². The summed E-state index contributed by atoms with van der Waals surface area (Å²) < 4.78 is 0. The number of carbonyl (C=O) groups is 1. The molecule has 0 aliphatic heterocycles. The minimum absolute atomic E-state index is 0.0277. The van der Waals surface area contributed by atoms with Crippen molar-refractivity contribution in [2.45, 2.75) is 0 Å². The van der Waals surface area contributed by atoms with Gasteiger partial charge >= 0.3 is 5.97 Å². The van der Waals surface area contributed by atoms with E-state index < -0.39 is 5.97 Å². The summed E-state index contributed by atoms with van der Waals surface area (Å²) in [5, 5.41) is 12.6. The number of carboxylic acid groups (broad SMARTS) is 1. The number of hydrogen-bond donors (Lipinski definition) is 2. The molecule has 6 heteroatoms. The third kappa shape index (κ3) is 2.91. The van der Waals surface area contributed by atoms with Crippen LogP contribution >= 0.6 is 23.2 Å². The number of nitrogens with one attached hydrogen (secondary N) is 1. The fourth-order valence-electron chi connectivity index (χ4n) is 1.35. The Morgan fingerprint density at radius 1 is 1.17 bits per heavy atom. The molecule has 1 aromatic heterocycles. The maximum atomic E-state index is 10.8. The molecule has 2 aromatic rings. The second-order valence-corrected chi connectivity index (χ2v) is 4.28. The van der Waals surface area contributed by atoms with Gasteiger partial charge in [-0.2, -0.15) is 0 Å². The van der Waals surface area contributed by atoms with Crippen LogP contribution in [0.15, 0.2) is 36.4 Å². The minimum Gasteiger partial charge on any atom is -0.477 e. The highest BCUT2D eigenvalue weighted by Gasteiger charge is 2.05. The predicted molar refractivity (Wildman–Crippen MR) is 70.9 cm³/mol. The van der Waals surface area contributed by atoms with E-state index in [1.165, 1.54) is 6.07 Å². The first-order valence-corrected chi connectivity index (χ1v) is 5.74. The van der Waals surface area contributed by atoms with Crippen molar-refractivity contribution in [2.75, 3.05) is 5.32 Å². The van der Waals surface area contributed by atoms with Crippen molar-refractivity contribution in [1.29, 1.82) is 0 Å². The molecule has 2 rings (SSSR count). The van der Waals surface area contributed by atoms with Crippen LogP contribution in [0.1, 0.15) is 10.5 Å². The van der Waals surface area contributed by atoms with Crippen LogP contribution in [0.2, 0.25) is 10.0 Å². The molecule has 0 bridgehead atoms. The zero-order valence-electron chi connectivity index (χ0n) is 9.02.